The van der Waals surface area contributed by atoms with Crippen LogP contribution in [0.4, 0.5) is 32.3 Å². The molecular weight excluding hydrogens is 1020 g/mol. The SMILES string of the molecule is CCOC(=O)C(C)(C)NCCCS(=O)(=O)N(C)C(=O)OC(C)(C)C.[C-]#[N+]c1ccc(N2C(=O)C(C)(C)N(CCCS(=O)(=O)N(C)C(=O)OC(C)(C)C)C2=S)cc1Cl.[C-]#[N+]c1ccc(N=C=S)cc1Cl. The monoisotopic (exact) mass is 1070 g/mol. The normalized spacial score (nSPS) is 13.5. The summed E-state index contributed by atoms with van der Waals surface area (Å²) in [7, 11) is -5.39. The highest BCUT2D eigenvalue weighted by atomic mass is 35.5. The maximum Gasteiger partial charge on any atom is 0.423 e. The second kappa shape index (κ2) is 25.8. The van der Waals surface area contributed by atoms with Gasteiger partial charge in [0.15, 0.2) is 5.11 Å². The zero-order chi connectivity index (χ0) is 53.5. The van der Waals surface area contributed by atoms with E-state index in [0.29, 0.717) is 30.7 Å². The van der Waals surface area contributed by atoms with E-state index in [1.165, 1.54) is 24.1 Å². The fraction of sp³-hybridized carbons (Fsp3) is 0.545. The van der Waals surface area contributed by atoms with Crippen LogP contribution in [0.25, 0.3) is 9.69 Å². The van der Waals surface area contributed by atoms with E-state index in [1.807, 2.05) is 0 Å². The van der Waals surface area contributed by atoms with Crippen LogP contribution in [0.3, 0.4) is 0 Å². The third-order valence-corrected chi connectivity index (χ3v) is 13.9. The molecule has 2 aromatic rings. The number of sulfonamides is 2. The van der Waals surface area contributed by atoms with Crippen molar-refractivity contribution in [2.24, 2.45) is 4.99 Å². The highest BCUT2D eigenvalue weighted by molar-refractivity contribution is 7.89. The largest absolute Gasteiger partial charge is 0.465 e. The Balaban J connectivity index is 0.000000575. The van der Waals surface area contributed by atoms with E-state index in [1.54, 1.807) is 105 Å². The Hall–Kier alpha value is -4.97. The van der Waals surface area contributed by atoms with Gasteiger partial charge in [-0.25, -0.2) is 44.7 Å². The minimum absolute atomic E-state index is 0.123. The summed E-state index contributed by atoms with van der Waals surface area (Å²) in [4.78, 5) is 61.9. The topological polar surface area (TPSA) is 210 Å². The van der Waals surface area contributed by atoms with Crippen LogP contribution >= 0.6 is 47.6 Å². The molecule has 19 nitrogen and oxygen atoms in total. The number of hydrogen-bond donors (Lipinski definition) is 1. The molecule has 25 heteroatoms. The van der Waals surface area contributed by atoms with Crippen LogP contribution in [0.15, 0.2) is 41.4 Å². The van der Waals surface area contributed by atoms with E-state index < -0.39 is 60.5 Å². The van der Waals surface area contributed by atoms with Crippen molar-refractivity contribution in [2.75, 3.05) is 50.2 Å². The molecule has 1 aliphatic rings. The Labute approximate surface area is 427 Å². The van der Waals surface area contributed by atoms with E-state index in [2.05, 4.69) is 37.4 Å². The Morgan fingerprint density at radius 1 is 0.841 bits per heavy atom. The molecule has 0 unspecified atom stereocenters. The molecule has 1 fully saturated rings. The number of carbonyl (C=O) groups excluding carboxylic acids is 4. The molecule has 0 saturated carbocycles. The smallest absolute Gasteiger partial charge is 0.423 e. The van der Waals surface area contributed by atoms with Crippen molar-refractivity contribution < 1.29 is 50.2 Å². The van der Waals surface area contributed by atoms with Crippen LogP contribution < -0.4 is 10.2 Å². The lowest BCUT2D eigenvalue weighted by atomic mass is 10.0. The van der Waals surface area contributed by atoms with E-state index in [4.69, 9.17) is 62.8 Å². The summed E-state index contributed by atoms with van der Waals surface area (Å²) in [6, 6.07) is 9.44. The second-order valence-electron chi connectivity index (χ2n) is 17.8. The van der Waals surface area contributed by atoms with Crippen molar-refractivity contribution in [3.05, 3.63) is 69.3 Å². The molecule has 380 valence electrons. The number of aliphatic imine (C=N–C) groups is 1. The van der Waals surface area contributed by atoms with Gasteiger partial charge in [0.05, 0.1) is 47.8 Å². The minimum Gasteiger partial charge on any atom is -0.465 e. The van der Waals surface area contributed by atoms with E-state index >= 15 is 0 Å². The van der Waals surface area contributed by atoms with E-state index in [9.17, 15) is 36.0 Å². The lowest BCUT2D eigenvalue weighted by Gasteiger charge is -2.29. The van der Waals surface area contributed by atoms with Gasteiger partial charge in [-0.3, -0.25) is 14.5 Å². The van der Waals surface area contributed by atoms with Gasteiger partial charge in [-0.1, -0.05) is 35.3 Å². The fourth-order valence-corrected chi connectivity index (χ4v) is 8.60. The summed E-state index contributed by atoms with van der Waals surface area (Å²) in [5.41, 5.74) is -1.82. The Morgan fingerprint density at radius 3 is 1.72 bits per heavy atom. The lowest BCUT2D eigenvalue weighted by molar-refractivity contribution is -0.149. The first kappa shape index (κ1) is 62.0. The van der Waals surface area contributed by atoms with Gasteiger partial charge in [-0.2, -0.15) is 4.99 Å². The van der Waals surface area contributed by atoms with Gasteiger partial charge < -0.3 is 24.4 Å². The van der Waals surface area contributed by atoms with Crippen LogP contribution in [0.5, 0.6) is 0 Å². The molecule has 0 bridgehead atoms. The van der Waals surface area contributed by atoms with Crippen molar-refractivity contribution in [1.82, 2.24) is 18.8 Å². The number of halogens is 2. The number of ether oxygens (including phenoxy) is 3. The maximum absolute atomic E-state index is 13.1. The van der Waals surface area contributed by atoms with Crippen LogP contribution in [0.1, 0.15) is 89.0 Å². The lowest BCUT2D eigenvalue weighted by Crippen LogP contribution is -2.48. The van der Waals surface area contributed by atoms with Crippen LogP contribution in [-0.2, 0) is 43.8 Å². The number of nitrogens with one attached hydrogen (secondary N) is 1. The minimum atomic E-state index is -3.93. The van der Waals surface area contributed by atoms with Gasteiger partial charge in [0.1, 0.15) is 22.3 Å². The molecule has 0 radical (unpaired) electrons. The molecule has 2 aromatic carbocycles. The second-order valence-corrected chi connectivity index (χ2v) is 23.4. The predicted molar refractivity (Wildman–Crippen MR) is 274 cm³/mol. The number of benzene rings is 2. The quantitative estimate of drug-likeness (QED) is 0.0440. The number of isothiocyanates is 1. The van der Waals surface area contributed by atoms with E-state index in [0.717, 1.165) is 7.05 Å². The summed E-state index contributed by atoms with van der Waals surface area (Å²) < 4.78 is 65.7. The molecule has 3 amide bonds. The number of hydrogen-bond acceptors (Lipinski definition) is 15. The summed E-state index contributed by atoms with van der Waals surface area (Å²) in [5.74, 6) is -1.28. The Morgan fingerprint density at radius 2 is 1.30 bits per heavy atom. The summed E-state index contributed by atoms with van der Waals surface area (Å²) in [6.45, 7) is 32.9. The van der Waals surface area contributed by atoms with Crippen molar-refractivity contribution in [3.63, 3.8) is 0 Å². The number of thiocarbonyl (C=S) groups is 2. The molecule has 1 saturated heterocycles. The van der Waals surface area contributed by atoms with Gasteiger partial charge in [0, 0.05) is 30.7 Å². The average Bonchev–Trinajstić information content (AvgIpc) is 3.39. The number of carbonyl (C=O) groups is 4. The zero-order valence-corrected chi connectivity index (χ0v) is 45.7. The van der Waals surface area contributed by atoms with Gasteiger partial charge in [-0.05, 0) is 144 Å². The van der Waals surface area contributed by atoms with Crippen LogP contribution in [0, 0.1) is 13.1 Å². The van der Waals surface area contributed by atoms with Crippen LogP contribution in [-0.4, -0.2) is 132 Å². The number of nitrogens with zero attached hydrogens (tertiary/aromatic N) is 7. The molecule has 0 spiro atoms. The third-order valence-electron chi connectivity index (χ3n) is 9.21. The van der Waals surface area contributed by atoms with Crippen molar-refractivity contribution in [3.8, 4) is 0 Å². The molecule has 1 aliphatic heterocycles. The highest BCUT2D eigenvalue weighted by Crippen LogP contribution is 2.36. The molecule has 0 aliphatic carbocycles. The molecular formula is C44H60Cl2N8O11S4. The molecule has 1 N–H and O–H groups in total. The Kier molecular flexibility index (Phi) is 23.2. The molecule has 0 atom stereocenters. The third kappa shape index (κ3) is 19.0. The summed E-state index contributed by atoms with van der Waals surface area (Å²) in [6.07, 6.45) is -1.52. The molecule has 0 aromatic heterocycles. The van der Waals surface area contributed by atoms with Crippen molar-refractivity contribution >= 4 is 125 Å². The number of amides is 3. The maximum atomic E-state index is 13.1. The van der Waals surface area contributed by atoms with Crippen LogP contribution in [0.2, 0.25) is 10.0 Å². The average molecular weight is 1080 g/mol. The molecule has 69 heavy (non-hydrogen) atoms. The highest BCUT2D eigenvalue weighted by Gasteiger charge is 2.49. The standard InChI is InChI=1S/C21H27ClN4O5S2.C15H30N2O6S.C8H3ClN2S/c1-20(2,3)31-19(28)24(7)33(29,30)12-8-11-25-18(32)26(17(27)21(25,4)5)14-9-10-16(23-6)15(22)13-14;1-8-22-12(18)15(5,6)16-10-9-11-24(20,21)17(7)13(19)23-14(2,3)4;1-10-8-3-2-6(11-5-12)4-7(8)9/h9-10,13H,8,11-12H2,1-5,7H3;16H,8-11H2,1-7H3;2-4H. The van der Waals surface area contributed by atoms with Gasteiger partial charge in [-0.15, -0.1) is 0 Å². The number of anilines is 1. The first-order chi connectivity index (χ1) is 31.5. The van der Waals surface area contributed by atoms with Gasteiger partial charge in [0.25, 0.3) is 5.91 Å². The number of rotatable bonds is 15. The van der Waals surface area contributed by atoms with Gasteiger partial charge >= 0.3 is 18.2 Å². The Bertz CT molecular complexity index is 2580. The summed E-state index contributed by atoms with van der Waals surface area (Å²) >= 11 is 21.8. The number of esters is 1. The van der Waals surface area contributed by atoms with Gasteiger partial charge in [0.2, 0.25) is 31.4 Å². The first-order valence-electron chi connectivity index (χ1n) is 20.9. The fourth-order valence-electron chi connectivity index (χ4n) is 5.47. The molecule has 3 rings (SSSR count). The van der Waals surface area contributed by atoms with Crippen molar-refractivity contribution in [2.45, 2.75) is 111 Å². The first-order valence-corrected chi connectivity index (χ1v) is 25.7. The predicted octanol–water partition coefficient (Wildman–Crippen LogP) is 9.32. The van der Waals surface area contributed by atoms with E-state index in [-0.39, 0.29) is 65.8 Å². The van der Waals surface area contributed by atoms with Crippen molar-refractivity contribution in [1.29, 1.82) is 0 Å². The zero-order valence-electron chi connectivity index (χ0n) is 40.9. The summed E-state index contributed by atoms with van der Waals surface area (Å²) in [5, 5.41) is 5.96. The molecule has 1 heterocycles.